The van der Waals surface area contributed by atoms with Gasteiger partial charge in [-0.15, -0.1) is 11.3 Å². The molecule has 2 aromatic heterocycles. The second kappa shape index (κ2) is 4.54. The van der Waals surface area contributed by atoms with Gasteiger partial charge in [0.1, 0.15) is 17.0 Å². The number of rotatable bonds is 2. The maximum Gasteiger partial charge on any atom is 0.142 e. The highest BCUT2D eigenvalue weighted by molar-refractivity contribution is 7.13. The molecule has 0 spiro atoms. The highest BCUT2D eigenvalue weighted by Crippen LogP contribution is 2.30. The van der Waals surface area contributed by atoms with Gasteiger partial charge in [-0.3, -0.25) is 0 Å². The number of nitrogen functional groups attached to an aromatic ring is 1. The van der Waals surface area contributed by atoms with Crippen molar-refractivity contribution in [2.75, 3.05) is 5.73 Å². The van der Waals surface area contributed by atoms with Gasteiger partial charge in [0.05, 0.1) is 5.69 Å². The SMILES string of the molecule is Nc1ccccc1-c1csc(-c2ccncn2)n1. The molecule has 0 radical (unpaired) electrons. The van der Waals surface area contributed by atoms with Crippen molar-refractivity contribution in [2.24, 2.45) is 0 Å². The topological polar surface area (TPSA) is 64.7 Å². The minimum atomic E-state index is 0.733. The zero-order valence-electron chi connectivity index (χ0n) is 9.45. The Hall–Kier alpha value is -2.27. The zero-order valence-corrected chi connectivity index (χ0v) is 10.3. The molecule has 0 saturated heterocycles. The second-order valence-corrected chi connectivity index (χ2v) is 4.58. The molecule has 2 N–H and O–H groups in total. The normalized spacial score (nSPS) is 10.4. The summed E-state index contributed by atoms with van der Waals surface area (Å²) in [4.78, 5) is 12.6. The molecule has 0 fully saturated rings. The average molecular weight is 254 g/mol. The van der Waals surface area contributed by atoms with Crippen molar-refractivity contribution in [3.63, 3.8) is 0 Å². The van der Waals surface area contributed by atoms with Crippen molar-refractivity contribution in [2.45, 2.75) is 0 Å². The van der Waals surface area contributed by atoms with Crippen molar-refractivity contribution in [3.8, 4) is 22.0 Å². The number of benzene rings is 1. The van der Waals surface area contributed by atoms with Crippen LogP contribution < -0.4 is 5.73 Å². The Labute approximate surface area is 108 Å². The van der Waals surface area contributed by atoms with Gasteiger partial charge in [0.25, 0.3) is 0 Å². The Kier molecular flexibility index (Phi) is 2.74. The summed E-state index contributed by atoms with van der Waals surface area (Å²) in [5.41, 5.74) is 9.34. The average Bonchev–Trinajstić information content (AvgIpc) is 2.90. The van der Waals surface area contributed by atoms with E-state index >= 15 is 0 Å². The van der Waals surface area contributed by atoms with E-state index in [2.05, 4.69) is 15.0 Å². The Morgan fingerprint density at radius 1 is 1.06 bits per heavy atom. The van der Waals surface area contributed by atoms with Crippen LogP contribution in [0.2, 0.25) is 0 Å². The van der Waals surface area contributed by atoms with Gasteiger partial charge in [-0.2, -0.15) is 0 Å². The summed E-state index contributed by atoms with van der Waals surface area (Å²) in [6.45, 7) is 0. The van der Waals surface area contributed by atoms with Crippen molar-refractivity contribution in [1.82, 2.24) is 15.0 Å². The molecular weight excluding hydrogens is 244 g/mol. The highest BCUT2D eigenvalue weighted by Gasteiger charge is 2.09. The summed E-state index contributed by atoms with van der Waals surface area (Å²) in [6.07, 6.45) is 3.23. The Morgan fingerprint density at radius 3 is 2.72 bits per heavy atom. The van der Waals surface area contributed by atoms with Gasteiger partial charge >= 0.3 is 0 Å². The first-order chi connectivity index (χ1) is 8.84. The quantitative estimate of drug-likeness (QED) is 0.714. The van der Waals surface area contributed by atoms with E-state index < -0.39 is 0 Å². The Bertz CT molecular complexity index is 664. The lowest BCUT2D eigenvalue weighted by Gasteiger charge is -2.00. The van der Waals surface area contributed by atoms with Crippen LogP contribution in [-0.2, 0) is 0 Å². The summed E-state index contributed by atoms with van der Waals surface area (Å²) in [6, 6.07) is 9.55. The predicted molar refractivity (Wildman–Crippen MR) is 73.0 cm³/mol. The molecule has 18 heavy (non-hydrogen) atoms. The van der Waals surface area contributed by atoms with E-state index in [1.165, 1.54) is 6.33 Å². The smallest absolute Gasteiger partial charge is 0.142 e. The number of anilines is 1. The van der Waals surface area contributed by atoms with Crippen LogP contribution in [-0.4, -0.2) is 15.0 Å². The van der Waals surface area contributed by atoms with Crippen LogP contribution in [0.4, 0.5) is 5.69 Å². The summed E-state index contributed by atoms with van der Waals surface area (Å²) in [5, 5.41) is 2.86. The number of nitrogens with two attached hydrogens (primary N) is 1. The standard InChI is InChI=1S/C13H10N4S/c14-10-4-2-1-3-9(10)12-7-18-13(17-12)11-5-6-15-8-16-11/h1-8H,14H2. The lowest BCUT2D eigenvalue weighted by Crippen LogP contribution is -1.89. The number of aromatic nitrogens is 3. The molecule has 2 heterocycles. The molecule has 3 aromatic rings. The van der Waals surface area contributed by atoms with Gasteiger partial charge in [-0.05, 0) is 12.1 Å². The molecule has 0 aliphatic heterocycles. The third-order valence-corrected chi connectivity index (χ3v) is 3.41. The first kappa shape index (κ1) is 10.9. The van der Waals surface area contributed by atoms with E-state index in [0.717, 1.165) is 27.6 Å². The number of thiazole rings is 1. The van der Waals surface area contributed by atoms with E-state index in [-0.39, 0.29) is 0 Å². The fourth-order valence-electron chi connectivity index (χ4n) is 1.66. The molecular formula is C13H10N4S. The third kappa shape index (κ3) is 1.96. The fourth-order valence-corrected chi connectivity index (χ4v) is 2.46. The summed E-state index contributed by atoms with van der Waals surface area (Å²) in [7, 11) is 0. The fraction of sp³-hybridized carbons (Fsp3) is 0. The van der Waals surface area contributed by atoms with E-state index in [0.29, 0.717) is 0 Å². The largest absolute Gasteiger partial charge is 0.398 e. The van der Waals surface area contributed by atoms with E-state index in [1.54, 1.807) is 17.5 Å². The number of nitrogens with zero attached hydrogens (tertiary/aromatic N) is 3. The van der Waals surface area contributed by atoms with Crippen LogP contribution >= 0.6 is 11.3 Å². The summed E-state index contributed by atoms with van der Waals surface area (Å²) < 4.78 is 0. The van der Waals surface area contributed by atoms with Crippen LogP contribution in [0.25, 0.3) is 22.0 Å². The summed E-state index contributed by atoms with van der Waals surface area (Å²) >= 11 is 1.55. The van der Waals surface area contributed by atoms with Gasteiger partial charge in [0.2, 0.25) is 0 Å². The maximum atomic E-state index is 5.94. The molecule has 3 rings (SSSR count). The first-order valence-electron chi connectivity index (χ1n) is 5.41. The van der Waals surface area contributed by atoms with Gasteiger partial charge in [0, 0.05) is 22.8 Å². The molecule has 1 aromatic carbocycles. The predicted octanol–water partition coefficient (Wildman–Crippen LogP) is 2.85. The number of para-hydroxylation sites is 1. The second-order valence-electron chi connectivity index (χ2n) is 3.72. The van der Waals surface area contributed by atoms with E-state index in [9.17, 15) is 0 Å². The van der Waals surface area contributed by atoms with Crippen LogP contribution in [0.3, 0.4) is 0 Å². The molecule has 0 saturated carbocycles. The molecule has 0 atom stereocenters. The molecule has 0 amide bonds. The third-order valence-electron chi connectivity index (χ3n) is 2.54. The van der Waals surface area contributed by atoms with Crippen molar-refractivity contribution >= 4 is 17.0 Å². The molecule has 4 nitrogen and oxygen atoms in total. The highest BCUT2D eigenvalue weighted by atomic mass is 32.1. The van der Waals surface area contributed by atoms with Gasteiger partial charge in [-0.25, -0.2) is 15.0 Å². The maximum absolute atomic E-state index is 5.94. The monoisotopic (exact) mass is 254 g/mol. The van der Waals surface area contributed by atoms with Gasteiger partial charge < -0.3 is 5.73 Å². The van der Waals surface area contributed by atoms with Crippen molar-refractivity contribution in [3.05, 3.63) is 48.2 Å². The van der Waals surface area contributed by atoms with Crippen molar-refractivity contribution < 1.29 is 0 Å². The minimum absolute atomic E-state index is 0.733. The number of hydrogen-bond acceptors (Lipinski definition) is 5. The van der Waals surface area contributed by atoms with Crippen molar-refractivity contribution in [1.29, 1.82) is 0 Å². The van der Waals surface area contributed by atoms with Crippen LogP contribution in [0.1, 0.15) is 0 Å². The van der Waals surface area contributed by atoms with E-state index in [1.807, 2.05) is 35.7 Å². The van der Waals surface area contributed by atoms with Crippen LogP contribution in [0.5, 0.6) is 0 Å². The molecule has 0 aliphatic rings. The molecule has 0 bridgehead atoms. The molecule has 0 unspecified atom stereocenters. The van der Waals surface area contributed by atoms with Gasteiger partial charge in [-0.1, -0.05) is 18.2 Å². The lowest BCUT2D eigenvalue weighted by molar-refractivity contribution is 1.16. The van der Waals surface area contributed by atoms with Gasteiger partial charge in [0.15, 0.2) is 0 Å². The minimum Gasteiger partial charge on any atom is -0.398 e. The molecule has 5 heteroatoms. The van der Waals surface area contributed by atoms with E-state index in [4.69, 9.17) is 5.73 Å². The summed E-state index contributed by atoms with van der Waals surface area (Å²) in [5.74, 6) is 0. The zero-order chi connectivity index (χ0) is 12.4. The molecule has 0 aliphatic carbocycles. The Balaban J connectivity index is 2.03. The molecule has 88 valence electrons. The number of hydrogen-bond donors (Lipinski definition) is 1. The van der Waals surface area contributed by atoms with Crippen LogP contribution in [0.15, 0.2) is 48.2 Å². The first-order valence-corrected chi connectivity index (χ1v) is 6.29. The Morgan fingerprint density at radius 2 is 1.94 bits per heavy atom. The van der Waals surface area contributed by atoms with Crippen LogP contribution in [0, 0.1) is 0 Å². The lowest BCUT2D eigenvalue weighted by atomic mass is 10.1.